The highest BCUT2D eigenvalue weighted by Crippen LogP contribution is 2.33. The molecule has 2 unspecified atom stereocenters. The van der Waals surface area contributed by atoms with Gasteiger partial charge in [-0.1, -0.05) is 0 Å². The lowest BCUT2D eigenvalue weighted by Gasteiger charge is -2.18. The third-order valence-corrected chi connectivity index (χ3v) is 2.59. The highest BCUT2D eigenvalue weighted by Gasteiger charge is 2.37. The molecule has 1 aliphatic heterocycles. The van der Waals surface area contributed by atoms with Crippen LogP contribution < -0.4 is 0 Å². The smallest absolute Gasteiger partial charge is 0.155 e. The van der Waals surface area contributed by atoms with Crippen LogP contribution in [0, 0.1) is 0 Å². The van der Waals surface area contributed by atoms with E-state index in [2.05, 4.69) is 0 Å². The van der Waals surface area contributed by atoms with Crippen LogP contribution in [-0.4, -0.2) is 18.0 Å². The third-order valence-electron chi connectivity index (χ3n) is 2.59. The van der Waals surface area contributed by atoms with Crippen molar-refractivity contribution in [3.63, 3.8) is 0 Å². The van der Waals surface area contributed by atoms with Crippen LogP contribution in [0.3, 0.4) is 0 Å². The summed E-state index contributed by atoms with van der Waals surface area (Å²) in [5.74, 6) is 0. The van der Waals surface area contributed by atoms with Gasteiger partial charge in [-0.05, 0) is 38.8 Å². The van der Waals surface area contributed by atoms with E-state index in [1.54, 1.807) is 0 Å². The first-order chi connectivity index (χ1) is 5.01. The third kappa shape index (κ3) is 1.11. The van der Waals surface area contributed by atoms with Crippen molar-refractivity contribution in [1.29, 1.82) is 0 Å². The number of aldehydes is 1. The number of carbonyl (C=O) groups excluding carboxylic acids is 1. The van der Waals surface area contributed by atoms with Gasteiger partial charge in [-0.2, -0.15) is 0 Å². The molecule has 0 radical (unpaired) electrons. The summed E-state index contributed by atoms with van der Waals surface area (Å²) in [5.41, 5.74) is 1.57. The van der Waals surface area contributed by atoms with E-state index in [9.17, 15) is 4.79 Å². The maximum absolute atomic E-state index is 10.7. The van der Waals surface area contributed by atoms with E-state index < -0.39 is 5.60 Å². The Labute approximate surface area is 67.2 Å². The molecule has 2 nitrogen and oxygen atoms in total. The summed E-state index contributed by atoms with van der Waals surface area (Å²) in [6.45, 7) is 7.73. The van der Waals surface area contributed by atoms with Crippen LogP contribution >= 0.6 is 0 Å². The lowest BCUT2D eigenvalue weighted by Crippen LogP contribution is -2.29. The lowest BCUT2D eigenvalue weighted by atomic mass is 9.97. The van der Waals surface area contributed by atoms with Crippen molar-refractivity contribution < 1.29 is 9.53 Å². The molecule has 2 heteroatoms. The van der Waals surface area contributed by atoms with E-state index in [1.807, 2.05) is 27.7 Å². The minimum Gasteiger partial charge on any atom is -0.356 e. The maximum atomic E-state index is 10.7. The first kappa shape index (κ1) is 8.47. The molecular formula is C9H14O2. The molecule has 11 heavy (non-hydrogen) atoms. The molecule has 1 heterocycles. The molecule has 0 aromatic rings. The van der Waals surface area contributed by atoms with E-state index in [0.717, 1.165) is 11.9 Å². The summed E-state index contributed by atoms with van der Waals surface area (Å²) in [5, 5.41) is 0. The molecular weight excluding hydrogens is 140 g/mol. The Morgan fingerprint density at radius 1 is 1.55 bits per heavy atom. The van der Waals surface area contributed by atoms with Crippen LogP contribution in [0.25, 0.3) is 0 Å². The largest absolute Gasteiger partial charge is 0.356 e. The molecule has 0 aromatic heterocycles. The second-order valence-corrected chi connectivity index (χ2v) is 3.29. The molecule has 0 spiro atoms. The van der Waals surface area contributed by atoms with Gasteiger partial charge >= 0.3 is 0 Å². The molecule has 2 atom stereocenters. The molecule has 0 saturated heterocycles. The van der Waals surface area contributed by atoms with Gasteiger partial charge in [0.2, 0.25) is 0 Å². The second-order valence-electron chi connectivity index (χ2n) is 3.29. The van der Waals surface area contributed by atoms with Gasteiger partial charge in [0.15, 0.2) is 6.29 Å². The topological polar surface area (TPSA) is 26.3 Å². The lowest BCUT2D eigenvalue weighted by molar-refractivity contribution is -0.125. The Morgan fingerprint density at radius 3 is 2.27 bits per heavy atom. The molecule has 0 aromatic carbocycles. The van der Waals surface area contributed by atoms with Crippen LogP contribution in [0.1, 0.15) is 27.7 Å². The Balaban J connectivity index is 3.02. The fourth-order valence-electron chi connectivity index (χ4n) is 1.36. The van der Waals surface area contributed by atoms with Crippen molar-refractivity contribution in [3.8, 4) is 0 Å². The van der Waals surface area contributed by atoms with E-state index in [4.69, 9.17) is 4.74 Å². The van der Waals surface area contributed by atoms with Gasteiger partial charge < -0.3 is 4.74 Å². The molecule has 0 bridgehead atoms. The average Bonchev–Trinajstić information content (AvgIpc) is 2.17. The van der Waals surface area contributed by atoms with Crippen molar-refractivity contribution in [2.75, 3.05) is 0 Å². The summed E-state index contributed by atoms with van der Waals surface area (Å²) < 4.78 is 5.48. The van der Waals surface area contributed by atoms with E-state index in [0.29, 0.717) is 0 Å². The Morgan fingerprint density at radius 2 is 2.09 bits per heavy atom. The summed E-state index contributed by atoms with van der Waals surface area (Å²) in [6, 6.07) is 0. The normalized spacial score (nSPS) is 38.0. The molecule has 0 saturated carbocycles. The van der Waals surface area contributed by atoms with Gasteiger partial charge in [-0.3, -0.25) is 4.79 Å². The molecule has 1 rings (SSSR count). The van der Waals surface area contributed by atoms with Crippen LogP contribution in [0.5, 0.6) is 0 Å². The second kappa shape index (κ2) is 2.45. The predicted molar refractivity (Wildman–Crippen MR) is 43.4 cm³/mol. The summed E-state index contributed by atoms with van der Waals surface area (Å²) >= 11 is 0. The van der Waals surface area contributed by atoms with E-state index in [1.165, 1.54) is 5.57 Å². The van der Waals surface area contributed by atoms with Gasteiger partial charge in [0.05, 0.1) is 6.10 Å². The summed E-state index contributed by atoms with van der Waals surface area (Å²) in [7, 11) is 0. The highest BCUT2D eigenvalue weighted by atomic mass is 16.5. The van der Waals surface area contributed by atoms with Crippen molar-refractivity contribution in [1.82, 2.24) is 0 Å². The number of carbonyl (C=O) groups is 1. The molecule has 0 N–H and O–H groups in total. The SMILES string of the molecule is CC1=C(C)C(C)(C=O)OC1C. The van der Waals surface area contributed by atoms with Gasteiger partial charge in [0.1, 0.15) is 5.60 Å². The molecule has 0 aliphatic carbocycles. The Hall–Kier alpha value is -0.630. The molecule has 0 amide bonds. The minimum absolute atomic E-state index is 0.0881. The average molecular weight is 154 g/mol. The fourth-order valence-corrected chi connectivity index (χ4v) is 1.36. The predicted octanol–water partition coefficient (Wildman–Crippen LogP) is 1.70. The van der Waals surface area contributed by atoms with Crippen molar-refractivity contribution >= 4 is 6.29 Å². The Kier molecular flexibility index (Phi) is 1.89. The van der Waals surface area contributed by atoms with Gasteiger partial charge in [0.25, 0.3) is 0 Å². The van der Waals surface area contributed by atoms with E-state index in [-0.39, 0.29) is 6.10 Å². The quantitative estimate of drug-likeness (QED) is 0.424. The van der Waals surface area contributed by atoms with Crippen molar-refractivity contribution in [2.24, 2.45) is 0 Å². The summed E-state index contributed by atoms with van der Waals surface area (Å²) in [6.07, 6.45) is 0.959. The number of rotatable bonds is 1. The van der Waals surface area contributed by atoms with Gasteiger partial charge in [-0.15, -0.1) is 0 Å². The number of hydrogen-bond donors (Lipinski definition) is 0. The van der Waals surface area contributed by atoms with Gasteiger partial charge in [-0.25, -0.2) is 0 Å². The zero-order valence-electron chi connectivity index (χ0n) is 7.47. The number of hydrogen-bond acceptors (Lipinski definition) is 2. The van der Waals surface area contributed by atoms with Crippen LogP contribution in [0.15, 0.2) is 11.1 Å². The Bertz CT molecular complexity index is 218. The van der Waals surface area contributed by atoms with E-state index >= 15 is 0 Å². The molecule has 62 valence electrons. The summed E-state index contributed by atoms with van der Waals surface area (Å²) in [4.78, 5) is 10.7. The maximum Gasteiger partial charge on any atom is 0.155 e. The number of ether oxygens (including phenoxy) is 1. The van der Waals surface area contributed by atoms with Crippen LogP contribution in [0.2, 0.25) is 0 Å². The standard InChI is InChI=1S/C9H14O2/c1-6-7(2)9(4,5-10)11-8(6)3/h5,8H,1-4H3. The zero-order valence-corrected chi connectivity index (χ0v) is 7.47. The first-order valence-corrected chi connectivity index (χ1v) is 3.83. The zero-order chi connectivity index (χ0) is 8.65. The van der Waals surface area contributed by atoms with Crippen molar-refractivity contribution in [3.05, 3.63) is 11.1 Å². The van der Waals surface area contributed by atoms with Crippen LogP contribution in [-0.2, 0) is 9.53 Å². The fraction of sp³-hybridized carbons (Fsp3) is 0.667. The minimum atomic E-state index is -0.663. The molecule has 0 fully saturated rings. The van der Waals surface area contributed by atoms with Gasteiger partial charge in [0, 0.05) is 0 Å². The van der Waals surface area contributed by atoms with Crippen LogP contribution in [0.4, 0.5) is 0 Å². The van der Waals surface area contributed by atoms with Crippen molar-refractivity contribution in [2.45, 2.75) is 39.4 Å². The highest BCUT2D eigenvalue weighted by molar-refractivity contribution is 5.69. The first-order valence-electron chi connectivity index (χ1n) is 3.83. The monoisotopic (exact) mass is 154 g/mol. The molecule has 1 aliphatic rings.